The Morgan fingerprint density at radius 1 is 1.04 bits per heavy atom. The van der Waals surface area contributed by atoms with E-state index in [0.29, 0.717) is 6.04 Å². The van der Waals surface area contributed by atoms with Crippen molar-refractivity contribution in [1.29, 1.82) is 0 Å². The molecule has 1 fully saturated rings. The van der Waals surface area contributed by atoms with Gasteiger partial charge in [-0.25, -0.2) is 0 Å². The fraction of sp³-hybridized carbons (Fsp3) is 0.478. The Bertz CT molecular complexity index is 757. The minimum absolute atomic E-state index is 0.0665. The van der Waals surface area contributed by atoms with E-state index in [1.807, 2.05) is 0 Å². The van der Waals surface area contributed by atoms with E-state index >= 15 is 0 Å². The lowest BCUT2D eigenvalue weighted by molar-refractivity contribution is 0.304. The summed E-state index contributed by atoms with van der Waals surface area (Å²) in [6.07, 6.45) is 8.40. The second-order valence-electron chi connectivity index (χ2n) is 8.00. The Morgan fingerprint density at radius 3 is 2.56 bits per heavy atom. The molecule has 2 aliphatic rings. The van der Waals surface area contributed by atoms with Gasteiger partial charge in [-0.3, -0.25) is 0 Å². The number of thioether (sulfide) groups is 1. The Balaban J connectivity index is 1.45. The first-order chi connectivity index (χ1) is 13.2. The van der Waals surface area contributed by atoms with Crippen LogP contribution in [0, 0.1) is 5.92 Å². The van der Waals surface area contributed by atoms with Crippen LogP contribution in [0.2, 0.25) is 0 Å². The van der Waals surface area contributed by atoms with Crippen LogP contribution in [0.1, 0.15) is 51.0 Å². The van der Waals surface area contributed by atoms with Gasteiger partial charge < -0.3 is 16.0 Å². The standard InChI is InChI=1S/C23H31N3S/c1-17(15-18-9-3-2-4-10-18)25-16-19-11-5-6-12-20(19)26-21-13-7-8-14-22(21)27-23(26)24/h5-8,11-14,17-18,23,25H,2-4,9-10,15-16,24H2,1H3/t17-,23?/m0/s1. The molecule has 0 radical (unpaired) electrons. The quantitative estimate of drug-likeness (QED) is 0.681. The van der Waals surface area contributed by atoms with Crippen molar-refractivity contribution in [2.24, 2.45) is 11.7 Å². The zero-order chi connectivity index (χ0) is 18.6. The summed E-state index contributed by atoms with van der Waals surface area (Å²) < 4.78 is 0. The summed E-state index contributed by atoms with van der Waals surface area (Å²) in [6.45, 7) is 3.23. The van der Waals surface area contributed by atoms with Gasteiger partial charge >= 0.3 is 0 Å². The highest BCUT2D eigenvalue weighted by molar-refractivity contribution is 8.00. The van der Waals surface area contributed by atoms with Gasteiger partial charge in [-0.05, 0) is 43.0 Å². The average molecular weight is 382 g/mol. The van der Waals surface area contributed by atoms with Gasteiger partial charge in [0.05, 0.1) is 5.69 Å². The van der Waals surface area contributed by atoms with E-state index in [9.17, 15) is 0 Å². The molecule has 1 unspecified atom stereocenters. The Morgan fingerprint density at radius 2 is 1.74 bits per heavy atom. The van der Waals surface area contributed by atoms with Crippen LogP contribution in [0.5, 0.6) is 0 Å². The molecular weight excluding hydrogens is 350 g/mol. The van der Waals surface area contributed by atoms with Gasteiger partial charge in [0.2, 0.25) is 0 Å². The summed E-state index contributed by atoms with van der Waals surface area (Å²) in [5, 5.41) is 3.77. The molecule has 0 amide bonds. The lowest BCUT2D eigenvalue weighted by Crippen LogP contribution is -2.34. The van der Waals surface area contributed by atoms with Gasteiger partial charge in [0, 0.05) is 23.2 Å². The maximum atomic E-state index is 6.48. The van der Waals surface area contributed by atoms with Gasteiger partial charge in [-0.1, -0.05) is 74.2 Å². The van der Waals surface area contributed by atoms with Crippen LogP contribution >= 0.6 is 11.8 Å². The monoisotopic (exact) mass is 381 g/mol. The molecule has 1 aliphatic heterocycles. The maximum Gasteiger partial charge on any atom is 0.134 e. The second kappa shape index (κ2) is 8.68. The van der Waals surface area contributed by atoms with E-state index in [0.717, 1.165) is 12.5 Å². The third-order valence-electron chi connectivity index (χ3n) is 5.93. The molecule has 144 valence electrons. The first-order valence-electron chi connectivity index (χ1n) is 10.3. The molecule has 0 spiro atoms. The number of hydrogen-bond acceptors (Lipinski definition) is 4. The number of anilines is 2. The third-order valence-corrected chi connectivity index (χ3v) is 6.98. The summed E-state index contributed by atoms with van der Waals surface area (Å²) in [6, 6.07) is 17.7. The first kappa shape index (κ1) is 18.9. The van der Waals surface area contributed by atoms with Crippen LogP contribution in [0.15, 0.2) is 53.4 Å². The molecule has 1 aliphatic carbocycles. The summed E-state index contributed by atoms with van der Waals surface area (Å²) in [4.78, 5) is 3.54. The van der Waals surface area contributed by atoms with Gasteiger partial charge in [0.25, 0.3) is 0 Å². The molecule has 4 rings (SSSR count). The first-order valence-corrected chi connectivity index (χ1v) is 11.2. The molecule has 4 heteroatoms. The molecular formula is C23H31N3S. The number of rotatable bonds is 6. The summed E-state index contributed by atoms with van der Waals surface area (Å²) >= 11 is 1.73. The van der Waals surface area contributed by atoms with Crippen molar-refractivity contribution in [2.75, 3.05) is 4.90 Å². The largest absolute Gasteiger partial charge is 0.315 e. The van der Waals surface area contributed by atoms with Crippen LogP contribution in [-0.2, 0) is 6.54 Å². The summed E-state index contributed by atoms with van der Waals surface area (Å²) in [5.74, 6) is 0.909. The zero-order valence-electron chi connectivity index (χ0n) is 16.2. The predicted molar refractivity (Wildman–Crippen MR) is 116 cm³/mol. The van der Waals surface area contributed by atoms with Crippen LogP contribution < -0.4 is 16.0 Å². The maximum absolute atomic E-state index is 6.48. The molecule has 2 aromatic carbocycles. The zero-order valence-corrected chi connectivity index (χ0v) is 17.0. The molecule has 27 heavy (non-hydrogen) atoms. The number of nitrogens with one attached hydrogen (secondary N) is 1. The van der Waals surface area contributed by atoms with Gasteiger partial charge in [0.1, 0.15) is 5.50 Å². The van der Waals surface area contributed by atoms with Crippen molar-refractivity contribution in [3.05, 3.63) is 54.1 Å². The van der Waals surface area contributed by atoms with E-state index in [4.69, 9.17) is 5.73 Å². The van der Waals surface area contributed by atoms with Crippen molar-refractivity contribution in [2.45, 2.75) is 68.4 Å². The van der Waals surface area contributed by atoms with E-state index in [2.05, 4.69) is 65.7 Å². The molecule has 2 atom stereocenters. The Labute approximate surface area is 167 Å². The van der Waals surface area contributed by atoms with Gasteiger partial charge in [-0.15, -0.1) is 0 Å². The van der Waals surface area contributed by atoms with E-state index in [1.165, 1.54) is 60.4 Å². The summed E-state index contributed by atoms with van der Waals surface area (Å²) in [5.41, 5.74) is 10.2. The van der Waals surface area contributed by atoms with E-state index in [1.54, 1.807) is 11.8 Å². The molecule has 3 N–H and O–H groups in total. The van der Waals surface area contributed by atoms with Gasteiger partial charge in [0.15, 0.2) is 0 Å². The van der Waals surface area contributed by atoms with Crippen LogP contribution in [0.4, 0.5) is 11.4 Å². The summed E-state index contributed by atoms with van der Waals surface area (Å²) in [7, 11) is 0. The van der Waals surface area contributed by atoms with Crippen molar-refractivity contribution in [1.82, 2.24) is 5.32 Å². The van der Waals surface area contributed by atoms with Gasteiger partial charge in [-0.2, -0.15) is 0 Å². The minimum Gasteiger partial charge on any atom is -0.315 e. The number of nitrogens with two attached hydrogens (primary N) is 1. The third kappa shape index (κ3) is 4.34. The smallest absolute Gasteiger partial charge is 0.134 e. The normalized spacial score (nSPS) is 21.3. The van der Waals surface area contributed by atoms with E-state index in [-0.39, 0.29) is 5.50 Å². The highest BCUT2D eigenvalue weighted by atomic mass is 32.2. The fourth-order valence-corrected chi connectivity index (χ4v) is 5.57. The minimum atomic E-state index is -0.0665. The van der Waals surface area contributed by atoms with Crippen LogP contribution in [0.3, 0.4) is 0 Å². The molecule has 2 aromatic rings. The molecule has 0 bridgehead atoms. The second-order valence-corrected chi connectivity index (χ2v) is 9.16. The SMILES string of the molecule is C[C@@H](CC1CCCCC1)NCc1ccccc1N1c2ccccc2SC1N. The highest BCUT2D eigenvalue weighted by Crippen LogP contribution is 2.46. The molecule has 3 nitrogen and oxygen atoms in total. The number of nitrogens with zero attached hydrogens (tertiary/aromatic N) is 1. The van der Waals surface area contributed by atoms with Crippen LogP contribution in [-0.4, -0.2) is 11.5 Å². The molecule has 0 aromatic heterocycles. The number of fused-ring (bicyclic) bond motifs is 1. The van der Waals surface area contributed by atoms with Crippen molar-refractivity contribution in [3.8, 4) is 0 Å². The Kier molecular flexibility index (Phi) is 6.06. The van der Waals surface area contributed by atoms with Crippen molar-refractivity contribution < 1.29 is 0 Å². The topological polar surface area (TPSA) is 41.3 Å². The number of para-hydroxylation sites is 2. The van der Waals surface area contributed by atoms with Crippen molar-refractivity contribution >= 4 is 23.1 Å². The number of benzene rings is 2. The van der Waals surface area contributed by atoms with Crippen molar-refractivity contribution in [3.63, 3.8) is 0 Å². The predicted octanol–water partition coefficient (Wildman–Crippen LogP) is 5.62. The lowest BCUT2D eigenvalue weighted by atomic mass is 9.85. The van der Waals surface area contributed by atoms with Crippen LogP contribution in [0.25, 0.3) is 0 Å². The number of hydrogen-bond donors (Lipinski definition) is 2. The highest BCUT2D eigenvalue weighted by Gasteiger charge is 2.29. The molecule has 1 heterocycles. The average Bonchev–Trinajstić information content (AvgIpc) is 3.03. The van der Waals surface area contributed by atoms with E-state index < -0.39 is 0 Å². The molecule has 0 saturated heterocycles. The lowest BCUT2D eigenvalue weighted by Gasteiger charge is -2.28. The fourth-order valence-electron chi connectivity index (χ4n) is 4.53. The molecule has 1 saturated carbocycles. The Hall–Kier alpha value is -1.49.